The molecule has 1 amide bonds. The van der Waals surface area contributed by atoms with Gasteiger partial charge in [0.25, 0.3) is 5.91 Å². The lowest BCUT2D eigenvalue weighted by atomic mass is 10.2. The van der Waals surface area contributed by atoms with E-state index in [9.17, 15) is 9.90 Å². The fourth-order valence-electron chi connectivity index (χ4n) is 2.07. The van der Waals surface area contributed by atoms with Crippen molar-refractivity contribution in [1.82, 2.24) is 5.43 Å². The molecule has 0 radical (unpaired) electrons. The van der Waals surface area contributed by atoms with Gasteiger partial charge >= 0.3 is 0 Å². The Kier molecular flexibility index (Phi) is 6.88. The van der Waals surface area contributed by atoms with Gasteiger partial charge in [0.15, 0.2) is 17.6 Å². The minimum atomic E-state index is -0.742. The van der Waals surface area contributed by atoms with Crippen LogP contribution < -0.4 is 14.9 Å². The molecule has 2 aromatic carbocycles. The Labute approximate surface area is 164 Å². The van der Waals surface area contributed by atoms with Crippen molar-refractivity contribution in [1.29, 1.82) is 0 Å². The molecule has 138 valence electrons. The number of nitrogens with zero attached hydrogens (tertiary/aromatic N) is 1. The first-order chi connectivity index (χ1) is 12.3. The minimum Gasteiger partial charge on any atom is -0.503 e. The number of halogens is 2. The summed E-state index contributed by atoms with van der Waals surface area (Å²) in [5, 5.41) is 14.3. The van der Waals surface area contributed by atoms with Gasteiger partial charge < -0.3 is 14.6 Å². The average Bonchev–Trinajstić information content (AvgIpc) is 2.60. The van der Waals surface area contributed by atoms with Crippen LogP contribution in [0.25, 0.3) is 0 Å². The zero-order valence-electron chi connectivity index (χ0n) is 14.4. The number of amides is 1. The monoisotopic (exact) mass is 440 g/mol. The van der Waals surface area contributed by atoms with Crippen molar-refractivity contribution in [3.63, 3.8) is 0 Å². The molecule has 2 aromatic rings. The van der Waals surface area contributed by atoms with Gasteiger partial charge in [0.2, 0.25) is 0 Å². The van der Waals surface area contributed by atoms with Crippen molar-refractivity contribution in [2.75, 3.05) is 7.11 Å². The number of nitrogens with one attached hydrogen (secondary N) is 1. The molecule has 0 saturated carbocycles. The Morgan fingerprint density at radius 1 is 1.35 bits per heavy atom. The van der Waals surface area contributed by atoms with E-state index in [1.165, 1.54) is 13.3 Å². The molecule has 0 spiro atoms. The molecule has 0 heterocycles. The fraction of sp³-hybridized carbons (Fsp3) is 0.222. The fourth-order valence-corrected chi connectivity index (χ4v) is 2.76. The topological polar surface area (TPSA) is 80.2 Å². The summed E-state index contributed by atoms with van der Waals surface area (Å²) in [6.45, 7) is 3.47. The predicted molar refractivity (Wildman–Crippen MR) is 104 cm³/mol. The van der Waals surface area contributed by atoms with Gasteiger partial charge in [-0.1, -0.05) is 11.6 Å². The van der Waals surface area contributed by atoms with Crippen LogP contribution in [0.2, 0.25) is 5.02 Å². The molecule has 6 nitrogen and oxygen atoms in total. The first kappa shape index (κ1) is 20.1. The normalized spacial score (nSPS) is 12.0. The van der Waals surface area contributed by atoms with Crippen LogP contribution in [0.1, 0.15) is 18.1 Å². The first-order valence-corrected chi connectivity index (χ1v) is 8.81. The van der Waals surface area contributed by atoms with Crippen LogP contribution >= 0.6 is 27.5 Å². The number of carbonyl (C=O) groups is 1. The van der Waals surface area contributed by atoms with Crippen molar-refractivity contribution in [2.24, 2.45) is 5.10 Å². The number of aromatic hydroxyl groups is 1. The summed E-state index contributed by atoms with van der Waals surface area (Å²) in [5.41, 5.74) is 3.88. The van der Waals surface area contributed by atoms with Gasteiger partial charge in [-0.2, -0.15) is 5.10 Å². The second-order valence-corrected chi connectivity index (χ2v) is 6.75. The highest BCUT2D eigenvalue weighted by atomic mass is 79.9. The van der Waals surface area contributed by atoms with Crippen molar-refractivity contribution in [2.45, 2.75) is 20.0 Å². The standard InChI is InChI=1S/C18H18BrClN2O4/c1-10-6-13(20)4-5-15(10)26-11(2)18(24)22-21-9-12-7-14(19)17(23)16(8-12)25-3/h4-9,11,23H,1-3H3,(H,22,24). The van der Waals surface area contributed by atoms with E-state index < -0.39 is 12.0 Å². The first-order valence-electron chi connectivity index (χ1n) is 7.64. The summed E-state index contributed by atoms with van der Waals surface area (Å²) >= 11 is 9.13. The number of benzene rings is 2. The third-order valence-electron chi connectivity index (χ3n) is 3.47. The molecule has 0 aliphatic heterocycles. The van der Waals surface area contributed by atoms with Crippen LogP contribution in [-0.4, -0.2) is 30.4 Å². The smallest absolute Gasteiger partial charge is 0.280 e. The molecular formula is C18H18BrClN2O4. The lowest BCUT2D eigenvalue weighted by molar-refractivity contribution is -0.127. The molecule has 1 atom stereocenters. The highest BCUT2D eigenvalue weighted by Crippen LogP contribution is 2.34. The van der Waals surface area contributed by atoms with Crippen molar-refractivity contribution in [3.8, 4) is 17.2 Å². The molecule has 2 rings (SSSR count). The van der Waals surface area contributed by atoms with E-state index in [2.05, 4.69) is 26.5 Å². The summed E-state index contributed by atoms with van der Waals surface area (Å²) in [6.07, 6.45) is 0.693. The van der Waals surface area contributed by atoms with Crippen molar-refractivity contribution >= 4 is 39.7 Å². The molecule has 0 aromatic heterocycles. The lowest BCUT2D eigenvalue weighted by Crippen LogP contribution is -2.33. The van der Waals surface area contributed by atoms with E-state index in [-0.39, 0.29) is 5.75 Å². The zero-order valence-corrected chi connectivity index (χ0v) is 16.8. The van der Waals surface area contributed by atoms with Crippen LogP contribution in [0.3, 0.4) is 0 Å². The Bertz CT molecular complexity index is 842. The minimum absolute atomic E-state index is 0.00552. The number of phenolic OH excluding ortho intramolecular Hbond substituents is 1. The molecule has 8 heteroatoms. The largest absolute Gasteiger partial charge is 0.503 e. The number of hydrazone groups is 1. The Hall–Kier alpha value is -2.25. The predicted octanol–water partition coefficient (Wildman–Crippen LogP) is 4.04. The van der Waals surface area contributed by atoms with Gasteiger partial charge in [0, 0.05) is 5.02 Å². The van der Waals surface area contributed by atoms with Gasteiger partial charge in [-0.3, -0.25) is 4.79 Å². The third-order valence-corrected chi connectivity index (χ3v) is 4.31. The molecule has 0 aliphatic carbocycles. The van der Waals surface area contributed by atoms with Crippen LogP contribution in [0.4, 0.5) is 0 Å². The SMILES string of the molecule is COc1cc(C=NNC(=O)C(C)Oc2ccc(Cl)cc2C)cc(Br)c1O. The summed E-state index contributed by atoms with van der Waals surface area (Å²) in [5.74, 6) is 0.463. The number of methoxy groups -OCH3 is 1. The van der Waals surface area contributed by atoms with Gasteiger partial charge in [0.1, 0.15) is 5.75 Å². The Balaban J connectivity index is 1.99. The molecule has 0 fully saturated rings. The third kappa shape index (κ3) is 5.12. The van der Waals surface area contributed by atoms with Crippen molar-refractivity contribution in [3.05, 3.63) is 51.0 Å². The molecule has 2 N–H and O–H groups in total. The molecule has 0 saturated heterocycles. The van der Waals surface area contributed by atoms with E-state index in [0.717, 1.165) is 5.56 Å². The molecule has 1 unspecified atom stereocenters. The highest BCUT2D eigenvalue weighted by molar-refractivity contribution is 9.10. The van der Waals surface area contributed by atoms with E-state index in [0.29, 0.717) is 26.6 Å². The maximum atomic E-state index is 12.1. The molecular weight excluding hydrogens is 424 g/mol. The van der Waals surface area contributed by atoms with Gasteiger partial charge in [-0.05, 0) is 71.2 Å². The van der Waals surface area contributed by atoms with Crippen LogP contribution in [0.15, 0.2) is 39.9 Å². The number of carbonyl (C=O) groups excluding carboxylic acids is 1. The number of phenols is 1. The second kappa shape index (κ2) is 8.91. The maximum absolute atomic E-state index is 12.1. The summed E-state index contributed by atoms with van der Waals surface area (Å²) in [7, 11) is 1.45. The average molecular weight is 442 g/mol. The highest BCUT2D eigenvalue weighted by Gasteiger charge is 2.15. The number of hydrogen-bond donors (Lipinski definition) is 2. The van der Waals surface area contributed by atoms with Crippen LogP contribution in [0.5, 0.6) is 17.2 Å². The number of aryl methyl sites for hydroxylation is 1. The van der Waals surface area contributed by atoms with Gasteiger partial charge in [-0.15, -0.1) is 0 Å². The Morgan fingerprint density at radius 2 is 2.08 bits per heavy atom. The van der Waals surface area contributed by atoms with E-state index in [4.69, 9.17) is 21.1 Å². The Morgan fingerprint density at radius 3 is 2.73 bits per heavy atom. The van der Waals surface area contributed by atoms with Gasteiger partial charge in [-0.25, -0.2) is 5.43 Å². The molecule has 0 aliphatic rings. The van der Waals surface area contributed by atoms with Gasteiger partial charge in [0.05, 0.1) is 17.8 Å². The van der Waals surface area contributed by atoms with Crippen molar-refractivity contribution < 1.29 is 19.4 Å². The van der Waals surface area contributed by atoms with E-state index >= 15 is 0 Å². The maximum Gasteiger partial charge on any atom is 0.280 e. The van der Waals surface area contributed by atoms with Crippen LogP contribution in [0, 0.1) is 6.92 Å². The zero-order chi connectivity index (χ0) is 19.3. The summed E-state index contributed by atoms with van der Waals surface area (Å²) < 4.78 is 11.1. The lowest BCUT2D eigenvalue weighted by Gasteiger charge is -2.15. The number of hydrogen-bond acceptors (Lipinski definition) is 5. The summed E-state index contributed by atoms with van der Waals surface area (Å²) in [6, 6.07) is 8.40. The van der Waals surface area contributed by atoms with E-state index in [1.54, 1.807) is 37.3 Å². The van der Waals surface area contributed by atoms with Crippen LogP contribution in [-0.2, 0) is 4.79 Å². The quantitative estimate of drug-likeness (QED) is 0.524. The van der Waals surface area contributed by atoms with E-state index in [1.807, 2.05) is 6.92 Å². The number of ether oxygens (including phenoxy) is 2. The number of rotatable bonds is 6. The summed E-state index contributed by atoms with van der Waals surface area (Å²) in [4.78, 5) is 12.1. The molecule has 0 bridgehead atoms. The second-order valence-electron chi connectivity index (χ2n) is 5.46. The molecule has 26 heavy (non-hydrogen) atoms.